The molecular weight excluding hydrogens is 1080 g/mol. The van der Waals surface area contributed by atoms with Crippen molar-refractivity contribution in [3.8, 4) is 17.5 Å². The molecule has 5 fully saturated rings. The van der Waals surface area contributed by atoms with Crippen molar-refractivity contribution in [1.29, 1.82) is 0 Å². The highest BCUT2D eigenvalue weighted by Crippen LogP contribution is 2.54. The zero-order valence-corrected chi connectivity index (χ0v) is 48.8. The minimum absolute atomic E-state index is 0.0334. The maximum absolute atomic E-state index is 14.9. The molecular formula is C62H76N10O10S. The van der Waals surface area contributed by atoms with Crippen LogP contribution < -0.4 is 34.0 Å². The lowest BCUT2D eigenvalue weighted by Gasteiger charge is -2.58. The molecule has 1 spiro atoms. The lowest BCUT2D eigenvalue weighted by atomic mass is 9.59. The van der Waals surface area contributed by atoms with Gasteiger partial charge in [-0.05, 0) is 151 Å². The first-order valence-electron chi connectivity index (χ1n) is 29.4. The van der Waals surface area contributed by atoms with Crippen molar-refractivity contribution >= 4 is 55.4 Å². The van der Waals surface area contributed by atoms with E-state index in [4.69, 9.17) is 28.9 Å². The fourth-order valence-electron chi connectivity index (χ4n) is 13.8. The van der Waals surface area contributed by atoms with E-state index in [1.807, 2.05) is 38.1 Å². The van der Waals surface area contributed by atoms with Crippen molar-refractivity contribution in [3.63, 3.8) is 0 Å². The van der Waals surface area contributed by atoms with Crippen LogP contribution in [0.3, 0.4) is 0 Å². The van der Waals surface area contributed by atoms with Gasteiger partial charge in [-0.25, -0.2) is 18.1 Å². The van der Waals surface area contributed by atoms with Crippen LogP contribution in [-0.4, -0.2) is 139 Å². The van der Waals surface area contributed by atoms with E-state index in [-0.39, 0.29) is 47.4 Å². The molecule has 20 nitrogen and oxygen atoms in total. The number of benzene rings is 3. The number of nitro benzene ring substituents is 1. The quantitative estimate of drug-likeness (QED) is 0.0522. The molecule has 2 saturated carbocycles. The number of piperidine rings is 1. The smallest absolute Gasteiger partial charge is 0.293 e. The molecule has 6 aliphatic rings. The summed E-state index contributed by atoms with van der Waals surface area (Å²) in [6.07, 6.45) is 8.86. The lowest BCUT2D eigenvalue weighted by Crippen LogP contribution is -2.59. The van der Waals surface area contributed by atoms with Crippen LogP contribution in [0.2, 0.25) is 0 Å². The fourth-order valence-corrected chi connectivity index (χ4v) is 14.7. The average molecular weight is 1150 g/mol. The molecule has 1 amide bonds. The maximum atomic E-state index is 14.9. The number of sulfonamides is 1. The van der Waals surface area contributed by atoms with Crippen LogP contribution in [0.4, 0.5) is 28.4 Å². The molecule has 21 heteroatoms. The number of fused-ring (bicyclic) bond motifs is 3. The van der Waals surface area contributed by atoms with E-state index in [0.29, 0.717) is 67.2 Å². The Labute approximate surface area is 485 Å². The van der Waals surface area contributed by atoms with Gasteiger partial charge in [0.1, 0.15) is 28.9 Å². The number of aromatic nitrogens is 3. The van der Waals surface area contributed by atoms with E-state index in [0.717, 1.165) is 112 Å². The molecule has 3 aromatic heterocycles. The van der Waals surface area contributed by atoms with Crippen LogP contribution in [0, 0.1) is 28.4 Å². The van der Waals surface area contributed by atoms with Gasteiger partial charge in [-0.15, -0.1) is 0 Å². The number of aromatic amines is 1. The average Bonchev–Trinajstić information content (AvgIpc) is 4.10. The summed E-state index contributed by atoms with van der Waals surface area (Å²) in [5, 5.41) is 26.9. The van der Waals surface area contributed by atoms with E-state index in [9.17, 15) is 28.4 Å². The summed E-state index contributed by atoms with van der Waals surface area (Å²) >= 11 is 0. The standard InChI is InChI=1S/C62H76N10O10S/c1-39(2)81-55-9-7-6-8-47(55)54-37-68(36-43-11-10-40(3)59(65-43)79-5)27-28-70(54)45-33-62(34-45)22-25-69(26-23-62)44-12-14-48(51(31-44)71-50-19-29-80-38-56(50)82-60-53(71)30-42-18-24-63-57(42)66-60)58(73)67-83(77,78)46-13-15-49(52(32-46)72(75)76)64-35-41-16-20-61(4,74)21-17-41/h6-15,18,24,30-32,39,41,45,50,54,56,64,74H,16-17,19-23,25-29,33-38H2,1-5H3,(H,63,66)(H,67,73)/t41-,50-,54+,56-,61-/m0/s1. The van der Waals surface area contributed by atoms with Gasteiger partial charge in [-0.2, -0.15) is 4.98 Å². The van der Waals surface area contributed by atoms with Gasteiger partial charge in [-0.1, -0.05) is 24.3 Å². The Hall–Kier alpha value is -7.04. The first kappa shape index (κ1) is 56.4. The van der Waals surface area contributed by atoms with Gasteiger partial charge in [0.2, 0.25) is 11.8 Å². The molecule has 2 aliphatic carbocycles. The van der Waals surface area contributed by atoms with Crippen LogP contribution in [0.5, 0.6) is 17.5 Å². The number of hydrogen-bond donors (Lipinski definition) is 4. The summed E-state index contributed by atoms with van der Waals surface area (Å²) in [7, 11) is -2.98. The second kappa shape index (κ2) is 22.8. The summed E-state index contributed by atoms with van der Waals surface area (Å²) in [6, 6.07) is 26.0. The Bertz CT molecular complexity index is 3500. The maximum Gasteiger partial charge on any atom is 0.293 e. The minimum atomic E-state index is -4.65. The molecule has 12 rings (SSSR count). The van der Waals surface area contributed by atoms with Gasteiger partial charge in [0.05, 0.1) is 64.3 Å². The first-order chi connectivity index (χ1) is 39.9. The molecule has 0 unspecified atom stereocenters. The molecule has 3 aromatic carbocycles. The second-order valence-corrected chi connectivity index (χ2v) is 26.1. The number of hydrogen-bond acceptors (Lipinski definition) is 17. The number of nitro groups is 1. The van der Waals surface area contributed by atoms with E-state index in [2.05, 4.69) is 84.9 Å². The van der Waals surface area contributed by atoms with Crippen molar-refractivity contribution in [2.45, 2.75) is 133 Å². The minimum Gasteiger partial charge on any atom is -0.491 e. The highest BCUT2D eigenvalue weighted by molar-refractivity contribution is 7.90. The van der Waals surface area contributed by atoms with E-state index in [1.165, 1.54) is 17.7 Å². The first-order valence-corrected chi connectivity index (χ1v) is 30.9. The van der Waals surface area contributed by atoms with Crippen molar-refractivity contribution in [1.82, 2.24) is 29.5 Å². The molecule has 7 heterocycles. The Kier molecular flexibility index (Phi) is 15.5. The number of aryl methyl sites for hydroxylation is 1. The SMILES string of the molecule is COc1nc(CN2CCN(C3CC4(CCN(c5ccc(C(=O)NS(=O)(=O)c6ccc(NC[C@H]7CC[C@](C)(O)CC7)c([N+](=O)[O-])c6)c(N6c7cc8cc[nH]c8nc7O[C@H]7COCC[C@@H]76)c5)CC4)C3)[C@@H](c3ccccc3OC(C)C)C2)ccc1C. The van der Waals surface area contributed by atoms with Gasteiger partial charge < -0.3 is 44.2 Å². The van der Waals surface area contributed by atoms with Crippen molar-refractivity contribution < 1.29 is 42.2 Å². The van der Waals surface area contributed by atoms with Crippen LogP contribution in [0.25, 0.3) is 11.0 Å². The Morgan fingerprint density at radius 2 is 1.75 bits per heavy atom. The number of nitrogens with one attached hydrogen (secondary N) is 3. The Balaban J connectivity index is 0.798. The van der Waals surface area contributed by atoms with Crippen LogP contribution in [0.15, 0.2) is 96.0 Å². The van der Waals surface area contributed by atoms with E-state index >= 15 is 0 Å². The number of pyridine rings is 2. The second-order valence-electron chi connectivity index (χ2n) is 24.4. The molecule has 0 bridgehead atoms. The number of nitrogens with zero attached hydrogens (tertiary/aromatic N) is 7. The molecule has 6 aromatic rings. The van der Waals surface area contributed by atoms with Crippen LogP contribution >= 0.6 is 0 Å². The summed E-state index contributed by atoms with van der Waals surface area (Å²) in [6.45, 7) is 14.1. The third kappa shape index (κ3) is 11.7. The largest absolute Gasteiger partial charge is 0.491 e. The predicted octanol–water partition coefficient (Wildman–Crippen LogP) is 9.44. The number of para-hydroxylation sites is 1. The molecule has 3 atom stereocenters. The summed E-state index contributed by atoms with van der Waals surface area (Å²) in [5.41, 5.74) is 5.14. The number of methoxy groups -OCH3 is 1. The van der Waals surface area contributed by atoms with Crippen molar-refractivity contribution in [2.24, 2.45) is 11.3 Å². The number of H-pyrrole nitrogens is 1. The molecule has 4 aliphatic heterocycles. The summed E-state index contributed by atoms with van der Waals surface area (Å²) < 4.78 is 55.4. The Morgan fingerprint density at radius 3 is 2.52 bits per heavy atom. The normalized spacial score (nSPS) is 23.9. The van der Waals surface area contributed by atoms with Gasteiger partial charge in [0.25, 0.3) is 21.6 Å². The van der Waals surface area contributed by atoms with Crippen LogP contribution in [0.1, 0.15) is 112 Å². The number of ether oxygens (including phenoxy) is 4. The highest BCUT2D eigenvalue weighted by atomic mass is 32.2. The number of anilines is 4. The number of carbonyl (C=O) groups excluding carboxylic acids is 1. The number of carbonyl (C=O) groups is 1. The van der Waals surface area contributed by atoms with E-state index < -0.39 is 43.1 Å². The van der Waals surface area contributed by atoms with Gasteiger partial charge in [0, 0.05) is 92.9 Å². The fraction of sp³-hybridized carbons (Fsp3) is 0.500. The topological polar surface area (TPSA) is 230 Å². The Morgan fingerprint density at radius 1 is 0.952 bits per heavy atom. The van der Waals surface area contributed by atoms with Crippen molar-refractivity contribution in [2.75, 3.05) is 74.7 Å². The monoisotopic (exact) mass is 1150 g/mol. The third-order valence-electron chi connectivity index (χ3n) is 18.4. The predicted molar refractivity (Wildman–Crippen MR) is 316 cm³/mol. The third-order valence-corrected chi connectivity index (χ3v) is 19.7. The van der Waals surface area contributed by atoms with Crippen molar-refractivity contribution in [3.05, 3.63) is 124 Å². The number of amides is 1. The lowest BCUT2D eigenvalue weighted by molar-refractivity contribution is -0.384. The highest BCUT2D eigenvalue weighted by Gasteiger charge is 2.51. The molecule has 440 valence electrons. The molecule has 4 N–H and O–H groups in total. The number of aliphatic hydroxyl groups is 1. The molecule has 3 saturated heterocycles. The zero-order valence-electron chi connectivity index (χ0n) is 48.0. The number of piperazine rings is 1. The van der Waals surface area contributed by atoms with E-state index in [1.54, 1.807) is 19.4 Å². The zero-order chi connectivity index (χ0) is 57.8. The van der Waals surface area contributed by atoms with Gasteiger partial charge >= 0.3 is 0 Å². The summed E-state index contributed by atoms with van der Waals surface area (Å²) in [5.74, 6) is 1.24. The number of rotatable bonds is 16. The summed E-state index contributed by atoms with van der Waals surface area (Å²) in [4.78, 5) is 48.8. The molecule has 0 radical (unpaired) electrons. The van der Waals surface area contributed by atoms with Gasteiger partial charge in [-0.3, -0.25) is 24.7 Å². The van der Waals surface area contributed by atoms with Gasteiger partial charge in [0.15, 0.2) is 0 Å². The molecule has 83 heavy (non-hydrogen) atoms. The van der Waals surface area contributed by atoms with Crippen LogP contribution in [-0.2, 0) is 21.3 Å².